The lowest BCUT2D eigenvalue weighted by atomic mass is 10.1. The van der Waals surface area contributed by atoms with E-state index in [-0.39, 0.29) is 30.9 Å². The summed E-state index contributed by atoms with van der Waals surface area (Å²) in [6.07, 6.45) is 7.53. The van der Waals surface area contributed by atoms with E-state index in [4.69, 9.17) is 4.74 Å². The van der Waals surface area contributed by atoms with Gasteiger partial charge in [-0.05, 0) is 20.3 Å². The summed E-state index contributed by atoms with van der Waals surface area (Å²) in [5.74, 6) is 0. The van der Waals surface area contributed by atoms with Crippen LogP contribution in [0, 0.1) is 0 Å². The Hall–Kier alpha value is 0.460. The fourth-order valence-corrected chi connectivity index (χ4v) is 3.66. The van der Waals surface area contributed by atoms with Crippen LogP contribution in [0.2, 0.25) is 0 Å². The third-order valence-electron chi connectivity index (χ3n) is 3.92. The molecule has 5 heteroatoms. The summed E-state index contributed by atoms with van der Waals surface area (Å²) >= 11 is 0. The van der Waals surface area contributed by atoms with Crippen molar-refractivity contribution in [1.29, 1.82) is 0 Å². The topological polar surface area (TPSA) is 9.23 Å². The van der Waals surface area contributed by atoms with Gasteiger partial charge in [-0.15, -0.1) is 0 Å². The summed E-state index contributed by atoms with van der Waals surface area (Å²) in [6, 6.07) is 0. The molecule has 0 fully saturated rings. The first-order valence-electron chi connectivity index (χ1n) is 8.27. The van der Waals surface area contributed by atoms with Gasteiger partial charge in [0.15, 0.2) is 6.10 Å². The number of rotatable bonds is 10. The minimum absolute atomic E-state index is 0. The lowest BCUT2D eigenvalue weighted by molar-refractivity contribution is -1.09. The molecule has 2 unspecified atom stereocenters. The smallest absolute Gasteiger partial charge is 0.241 e. The summed E-state index contributed by atoms with van der Waals surface area (Å²) in [6.45, 7) is 6.72. The highest BCUT2D eigenvalue weighted by atomic mass is 35.5. The molecule has 0 bridgehead atoms. The van der Waals surface area contributed by atoms with Gasteiger partial charge in [-0.25, -0.2) is 0 Å². The highest BCUT2D eigenvalue weighted by Gasteiger charge is 2.42. The largest absolute Gasteiger partial charge is 1.00 e. The Bertz CT molecular complexity index is 248. The van der Waals surface area contributed by atoms with E-state index in [0.717, 1.165) is 8.97 Å². The second-order valence-electron chi connectivity index (χ2n) is 8.15. The van der Waals surface area contributed by atoms with Crippen LogP contribution in [0.4, 0.5) is 0 Å². The highest BCUT2D eigenvalue weighted by molar-refractivity contribution is 4.61. The molecule has 3 nitrogen and oxygen atoms in total. The SMILES string of the molecule is CCCCCCC(C)OC(C)C([N+](C)(C)C)[N+](C)(C)C.[Cl-].[Cl-]. The van der Waals surface area contributed by atoms with Crippen molar-refractivity contribution in [2.24, 2.45) is 0 Å². The third-order valence-corrected chi connectivity index (χ3v) is 3.92. The van der Waals surface area contributed by atoms with Crippen molar-refractivity contribution < 1.29 is 38.5 Å². The van der Waals surface area contributed by atoms with Crippen LogP contribution in [0.25, 0.3) is 0 Å². The molecular formula is C17H40Cl2N2O. The molecule has 0 amide bonds. The zero-order valence-electron chi connectivity index (χ0n) is 16.3. The quantitative estimate of drug-likeness (QED) is 0.238. The third kappa shape index (κ3) is 11.1. The maximum atomic E-state index is 6.31. The fourth-order valence-electron chi connectivity index (χ4n) is 3.66. The van der Waals surface area contributed by atoms with E-state index in [9.17, 15) is 0 Å². The van der Waals surface area contributed by atoms with E-state index in [0.29, 0.717) is 12.3 Å². The summed E-state index contributed by atoms with van der Waals surface area (Å²) in [7, 11) is 13.6. The van der Waals surface area contributed by atoms with Gasteiger partial charge < -0.3 is 29.6 Å². The first-order chi connectivity index (χ1) is 9.00. The van der Waals surface area contributed by atoms with Gasteiger partial charge in [-0.1, -0.05) is 32.6 Å². The van der Waals surface area contributed by atoms with Crippen LogP contribution >= 0.6 is 0 Å². The Morgan fingerprint density at radius 2 is 1.23 bits per heavy atom. The molecule has 0 aromatic rings. The van der Waals surface area contributed by atoms with Crippen LogP contribution in [-0.2, 0) is 4.74 Å². The van der Waals surface area contributed by atoms with Gasteiger partial charge in [0.2, 0.25) is 6.17 Å². The molecule has 0 N–H and O–H groups in total. The first kappa shape index (κ1) is 27.3. The standard InChI is InChI=1S/C17H40N2O.2ClH/c1-10-11-12-13-14-15(2)20-16(3)17(18(4,5)6)19(7,8)9;;/h15-17H,10-14H2,1-9H3;2*1H/q+2;;/p-2. The van der Waals surface area contributed by atoms with E-state index in [2.05, 4.69) is 63.1 Å². The molecule has 138 valence electrons. The first-order valence-corrected chi connectivity index (χ1v) is 8.27. The molecule has 0 aliphatic rings. The second-order valence-corrected chi connectivity index (χ2v) is 8.15. The number of quaternary nitrogens is 2. The van der Waals surface area contributed by atoms with Crippen LogP contribution in [0.5, 0.6) is 0 Å². The van der Waals surface area contributed by atoms with Crippen molar-refractivity contribution in [1.82, 2.24) is 0 Å². The van der Waals surface area contributed by atoms with Gasteiger partial charge in [0, 0.05) is 0 Å². The molecule has 2 atom stereocenters. The summed E-state index contributed by atoms with van der Waals surface area (Å²) in [5.41, 5.74) is 0. The maximum Gasteiger partial charge on any atom is 0.241 e. The normalized spacial score (nSPS) is 15.0. The number of hydrogen-bond acceptors (Lipinski definition) is 1. The van der Waals surface area contributed by atoms with Crippen molar-refractivity contribution in [3.05, 3.63) is 0 Å². The van der Waals surface area contributed by atoms with E-state index >= 15 is 0 Å². The molecule has 0 heterocycles. The summed E-state index contributed by atoms with van der Waals surface area (Å²) in [5, 5.41) is 0. The Morgan fingerprint density at radius 1 is 0.773 bits per heavy atom. The number of likely N-dealkylation sites (N-methyl/N-ethyl adjacent to an activating group) is 2. The second kappa shape index (κ2) is 11.9. The van der Waals surface area contributed by atoms with E-state index in [1.54, 1.807) is 0 Å². The fraction of sp³-hybridized carbons (Fsp3) is 1.00. The molecule has 0 aromatic carbocycles. The van der Waals surface area contributed by atoms with Gasteiger partial charge in [0.05, 0.1) is 48.4 Å². The summed E-state index contributed by atoms with van der Waals surface area (Å²) in [4.78, 5) is 0. The number of unbranched alkanes of at least 4 members (excludes halogenated alkanes) is 3. The van der Waals surface area contributed by atoms with Crippen molar-refractivity contribution >= 4 is 0 Å². The number of nitrogens with zero attached hydrogens (tertiary/aromatic N) is 2. The minimum Gasteiger partial charge on any atom is -1.00 e. The molecule has 0 aliphatic heterocycles. The lowest BCUT2D eigenvalue weighted by Crippen LogP contribution is -3.00. The van der Waals surface area contributed by atoms with Gasteiger partial charge >= 0.3 is 0 Å². The molecule has 0 spiro atoms. The van der Waals surface area contributed by atoms with Crippen LogP contribution in [0.3, 0.4) is 0 Å². The van der Waals surface area contributed by atoms with Crippen molar-refractivity contribution in [2.75, 3.05) is 42.3 Å². The van der Waals surface area contributed by atoms with Crippen molar-refractivity contribution in [3.8, 4) is 0 Å². The van der Waals surface area contributed by atoms with Crippen LogP contribution in [0.15, 0.2) is 0 Å². The number of ether oxygens (including phenoxy) is 1. The zero-order chi connectivity index (χ0) is 16.0. The Labute approximate surface area is 152 Å². The molecule has 0 saturated carbocycles. The van der Waals surface area contributed by atoms with Gasteiger partial charge in [-0.2, -0.15) is 0 Å². The van der Waals surface area contributed by atoms with Crippen LogP contribution in [-0.4, -0.2) is 69.6 Å². The van der Waals surface area contributed by atoms with E-state index in [1.807, 2.05) is 0 Å². The lowest BCUT2D eigenvalue weighted by Gasteiger charge is -2.45. The summed E-state index contributed by atoms with van der Waals surface area (Å²) < 4.78 is 8.16. The molecule has 0 saturated heterocycles. The van der Waals surface area contributed by atoms with Gasteiger partial charge in [0.25, 0.3) is 0 Å². The Kier molecular flexibility index (Phi) is 14.8. The van der Waals surface area contributed by atoms with Crippen LogP contribution in [0.1, 0.15) is 52.9 Å². The van der Waals surface area contributed by atoms with E-state index < -0.39 is 0 Å². The monoisotopic (exact) mass is 358 g/mol. The maximum absolute atomic E-state index is 6.31. The average molecular weight is 359 g/mol. The van der Waals surface area contributed by atoms with E-state index in [1.165, 1.54) is 32.1 Å². The van der Waals surface area contributed by atoms with Crippen LogP contribution < -0.4 is 24.8 Å². The molecule has 22 heavy (non-hydrogen) atoms. The Morgan fingerprint density at radius 3 is 1.59 bits per heavy atom. The van der Waals surface area contributed by atoms with Gasteiger partial charge in [0.1, 0.15) is 0 Å². The average Bonchev–Trinajstić information content (AvgIpc) is 2.19. The molecule has 0 aromatic heterocycles. The highest BCUT2D eigenvalue weighted by Crippen LogP contribution is 2.21. The number of halogens is 2. The molecule has 0 rings (SSSR count). The van der Waals surface area contributed by atoms with Crippen molar-refractivity contribution in [2.45, 2.75) is 71.2 Å². The minimum atomic E-state index is 0. The van der Waals surface area contributed by atoms with Gasteiger partial charge in [-0.3, -0.25) is 8.97 Å². The predicted molar refractivity (Wildman–Crippen MR) is 88.6 cm³/mol. The molecule has 0 radical (unpaired) electrons. The molecular weight excluding hydrogens is 319 g/mol. The molecule has 0 aliphatic carbocycles. The zero-order valence-corrected chi connectivity index (χ0v) is 17.8. The number of hydrogen-bond donors (Lipinski definition) is 0. The predicted octanol–water partition coefficient (Wildman–Crippen LogP) is -2.50. The van der Waals surface area contributed by atoms with Crippen molar-refractivity contribution in [3.63, 3.8) is 0 Å². The Balaban J connectivity index is -0.00000180.